The first-order valence-electron chi connectivity index (χ1n) is 9.42. The lowest BCUT2D eigenvalue weighted by molar-refractivity contribution is -0.137. The molecule has 0 aliphatic heterocycles. The van der Waals surface area contributed by atoms with E-state index in [0.717, 1.165) is 28.0 Å². The van der Waals surface area contributed by atoms with Crippen molar-refractivity contribution in [2.45, 2.75) is 12.7 Å². The summed E-state index contributed by atoms with van der Waals surface area (Å²) < 4.78 is 44.5. The molecule has 0 aliphatic rings. The highest BCUT2D eigenvalue weighted by atomic mass is 35.5. The number of halogens is 4. The summed E-state index contributed by atoms with van der Waals surface area (Å²) in [6, 6.07) is 12.5. The standard InChI is InChI=1S/C21H14ClF3N4O3S/c22-16-7-2-1-6-15(16)19-28-29-18(31)9-13(27-20(29)33-19)10-26-17(30)11-32-14-5-3-4-12(8-14)21(23,24)25/h1-9H,10-11H2,(H,26,30). The van der Waals surface area contributed by atoms with Crippen LogP contribution in [0, 0.1) is 0 Å². The van der Waals surface area contributed by atoms with E-state index in [2.05, 4.69) is 15.4 Å². The lowest BCUT2D eigenvalue weighted by Crippen LogP contribution is -2.29. The molecule has 2 heterocycles. The largest absolute Gasteiger partial charge is 0.484 e. The molecule has 0 saturated heterocycles. The molecule has 2 aromatic heterocycles. The highest BCUT2D eigenvalue weighted by Gasteiger charge is 2.30. The summed E-state index contributed by atoms with van der Waals surface area (Å²) >= 11 is 7.36. The van der Waals surface area contributed by atoms with Crippen molar-refractivity contribution in [1.29, 1.82) is 0 Å². The van der Waals surface area contributed by atoms with Crippen LogP contribution in [-0.2, 0) is 17.5 Å². The van der Waals surface area contributed by atoms with Crippen LogP contribution in [-0.4, -0.2) is 27.1 Å². The van der Waals surface area contributed by atoms with Gasteiger partial charge in [0, 0.05) is 11.6 Å². The quantitative estimate of drug-likeness (QED) is 0.434. The number of benzene rings is 2. The molecule has 1 N–H and O–H groups in total. The van der Waals surface area contributed by atoms with Crippen LogP contribution in [0.3, 0.4) is 0 Å². The average Bonchev–Trinajstić information content (AvgIpc) is 3.21. The molecule has 7 nitrogen and oxygen atoms in total. The number of amides is 1. The molecule has 0 spiro atoms. The van der Waals surface area contributed by atoms with Gasteiger partial charge in [0.05, 0.1) is 22.8 Å². The van der Waals surface area contributed by atoms with Crippen molar-refractivity contribution >= 4 is 33.8 Å². The van der Waals surface area contributed by atoms with Gasteiger partial charge in [0.15, 0.2) is 6.61 Å². The lowest BCUT2D eigenvalue weighted by Gasteiger charge is -2.10. The van der Waals surface area contributed by atoms with Crippen molar-refractivity contribution in [1.82, 2.24) is 19.9 Å². The fourth-order valence-corrected chi connectivity index (χ4v) is 4.09. The zero-order valence-electron chi connectivity index (χ0n) is 16.6. The molecule has 0 radical (unpaired) electrons. The van der Waals surface area contributed by atoms with Gasteiger partial charge in [-0.25, -0.2) is 4.98 Å². The highest BCUT2D eigenvalue weighted by molar-refractivity contribution is 7.19. The molecule has 170 valence electrons. The SMILES string of the molecule is O=C(COc1cccc(C(F)(F)F)c1)NCc1cc(=O)n2nc(-c3ccccc3Cl)sc2n1. The molecule has 0 aliphatic carbocycles. The second kappa shape index (κ2) is 9.20. The smallest absolute Gasteiger partial charge is 0.416 e. The molecular formula is C21H14ClF3N4O3S. The van der Waals surface area contributed by atoms with Gasteiger partial charge >= 0.3 is 6.18 Å². The van der Waals surface area contributed by atoms with E-state index in [9.17, 15) is 22.8 Å². The minimum atomic E-state index is -4.51. The van der Waals surface area contributed by atoms with Gasteiger partial charge in [0.1, 0.15) is 10.8 Å². The summed E-state index contributed by atoms with van der Waals surface area (Å²) in [7, 11) is 0. The number of ether oxygens (including phenoxy) is 1. The third kappa shape index (κ3) is 5.32. The minimum absolute atomic E-state index is 0.0736. The topological polar surface area (TPSA) is 85.6 Å². The molecule has 1 amide bonds. The van der Waals surface area contributed by atoms with E-state index in [-0.39, 0.29) is 12.3 Å². The van der Waals surface area contributed by atoms with Crippen molar-refractivity contribution in [2.75, 3.05) is 6.61 Å². The zero-order chi connectivity index (χ0) is 23.6. The van der Waals surface area contributed by atoms with Gasteiger partial charge in [0.25, 0.3) is 11.5 Å². The molecule has 0 bridgehead atoms. The normalized spacial score (nSPS) is 11.5. The summed E-state index contributed by atoms with van der Waals surface area (Å²) in [5.74, 6) is -0.676. The van der Waals surface area contributed by atoms with Crippen LogP contribution >= 0.6 is 22.9 Å². The predicted octanol–water partition coefficient (Wildman–Crippen LogP) is 4.19. The Hall–Kier alpha value is -3.44. The van der Waals surface area contributed by atoms with Crippen LogP contribution in [0.25, 0.3) is 15.5 Å². The third-order valence-corrected chi connectivity index (χ3v) is 5.67. The molecule has 4 rings (SSSR count). The van der Waals surface area contributed by atoms with Crippen molar-refractivity contribution in [3.05, 3.63) is 81.2 Å². The lowest BCUT2D eigenvalue weighted by atomic mass is 10.2. The number of carbonyl (C=O) groups excluding carboxylic acids is 1. The maximum absolute atomic E-state index is 12.8. The van der Waals surface area contributed by atoms with E-state index >= 15 is 0 Å². The Morgan fingerprint density at radius 1 is 1.15 bits per heavy atom. The van der Waals surface area contributed by atoms with Gasteiger partial charge in [-0.3, -0.25) is 9.59 Å². The van der Waals surface area contributed by atoms with Crippen LogP contribution in [0.2, 0.25) is 5.02 Å². The van der Waals surface area contributed by atoms with E-state index < -0.39 is 29.8 Å². The Bertz CT molecular complexity index is 1390. The van der Waals surface area contributed by atoms with Crippen molar-refractivity contribution < 1.29 is 22.7 Å². The van der Waals surface area contributed by atoms with Gasteiger partial charge in [-0.15, -0.1) is 0 Å². The maximum Gasteiger partial charge on any atom is 0.416 e. The number of hydrogen-bond donors (Lipinski definition) is 1. The summed E-state index contributed by atoms with van der Waals surface area (Å²) in [6.07, 6.45) is -4.51. The van der Waals surface area contributed by atoms with Crippen LogP contribution in [0.4, 0.5) is 13.2 Å². The molecule has 4 aromatic rings. The molecular weight excluding hydrogens is 481 g/mol. The second-order valence-electron chi connectivity index (χ2n) is 6.76. The predicted molar refractivity (Wildman–Crippen MR) is 116 cm³/mol. The molecule has 12 heteroatoms. The monoisotopic (exact) mass is 494 g/mol. The molecule has 2 aromatic carbocycles. The summed E-state index contributed by atoms with van der Waals surface area (Å²) in [5.41, 5.74) is -0.351. The number of nitrogens with zero attached hydrogens (tertiary/aromatic N) is 3. The molecule has 0 saturated carbocycles. The summed E-state index contributed by atoms with van der Waals surface area (Å²) in [6.45, 7) is -0.574. The van der Waals surface area contributed by atoms with E-state index in [1.54, 1.807) is 24.3 Å². The number of carbonyl (C=O) groups is 1. The number of rotatable bonds is 6. The number of hydrogen-bond acceptors (Lipinski definition) is 6. The van der Waals surface area contributed by atoms with Gasteiger partial charge in [0.2, 0.25) is 4.96 Å². The van der Waals surface area contributed by atoms with Crippen LogP contribution in [0.1, 0.15) is 11.3 Å². The fourth-order valence-electron chi connectivity index (χ4n) is 2.84. The van der Waals surface area contributed by atoms with Gasteiger partial charge in [-0.05, 0) is 24.3 Å². The molecule has 0 unspecified atom stereocenters. The third-order valence-electron chi connectivity index (χ3n) is 4.40. The Morgan fingerprint density at radius 3 is 2.70 bits per heavy atom. The van der Waals surface area contributed by atoms with Gasteiger partial charge in [-0.1, -0.05) is 47.2 Å². The average molecular weight is 495 g/mol. The van der Waals surface area contributed by atoms with Crippen LogP contribution in [0.5, 0.6) is 5.75 Å². The van der Waals surface area contributed by atoms with Crippen LogP contribution < -0.4 is 15.6 Å². The Kier molecular flexibility index (Phi) is 6.34. The Labute approximate surface area is 193 Å². The fraction of sp³-hybridized carbons (Fsp3) is 0.143. The second-order valence-corrected chi connectivity index (χ2v) is 8.12. The van der Waals surface area contributed by atoms with E-state index in [4.69, 9.17) is 16.3 Å². The van der Waals surface area contributed by atoms with E-state index in [0.29, 0.717) is 26.2 Å². The number of fused-ring (bicyclic) bond motifs is 1. The summed E-state index contributed by atoms with van der Waals surface area (Å²) in [4.78, 5) is 29.1. The Balaban J connectivity index is 1.41. The van der Waals surface area contributed by atoms with E-state index in [1.165, 1.54) is 18.2 Å². The minimum Gasteiger partial charge on any atom is -0.484 e. The van der Waals surface area contributed by atoms with Crippen molar-refractivity contribution in [3.63, 3.8) is 0 Å². The number of nitrogens with one attached hydrogen (secondary N) is 1. The van der Waals surface area contributed by atoms with Crippen LogP contribution in [0.15, 0.2) is 59.4 Å². The zero-order valence-corrected chi connectivity index (χ0v) is 18.2. The maximum atomic E-state index is 12.8. The first-order valence-corrected chi connectivity index (χ1v) is 10.6. The first kappa shape index (κ1) is 22.7. The van der Waals surface area contributed by atoms with Crippen molar-refractivity contribution in [2.24, 2.45) is 0 Å². The summed E-state index contributed by atoms with van der Waals surface area (Å²) in [5, 5.41) is 7.77. The molecule has 33 heavy (non-hydrogen) atoms. The van der Waals surface area contributed by atoms with Gasteiger partial charge in [-0.2, -0.15) is 22.8 Å². The van der Waals surface area contributed by atoms with E-state index in [1.807, 2.05) is 0 Å². The molecule has 0 atom stereocenters. The number of alkyl halides is 3. The van der Waals surface area contributed by atoms with Gasteiger partial charge < -0.3 is 10.1 Å². The number of aromatic nitrogens is 3. The first-order chi connectivity index (χ1) is 15.7. The Morgan fingerprint density at radius 2 is 1.94 bits per heavy atom. The highest BCUT2D eigenvalue weighted by Crippen LogP contribution is 2.31. The van der Waals surface area contributed by atoms with Crippen molar-refractivity contribution in [3.8, 4) is 16.3 Å². The molecule has 0 fully saturated rings.